The summed E-state index contributed by atoms with van der Waals surface area (Å²) >= 11 is 6.13. The Kier molecular flexibility index (Phi) is 9.02. The van der Waals surface area contributed by atoms with E-state index in [2.05, 4.69) is 15.2 Å². The Balaban J connectivity index is 1.29. The molecule has 0 unspecified atom stereocenters. The van der Waals surface area contributed by atoms with E-state index in [1.54, 1.807) is 30.8 Å². The number of amides is 1. The molecule has 1 N–H and O–H groups in total. The largest absolute Gasteiger partial charge is 0.481 e. The quantitative estimate of drug-likeness (QED) is 0.479. The molecule has 1 fully saturated rings. The van der Waals surface area contributed by atoms with Crippen LogP contribution in [0.15, 0.2) is 24.4 Å². The highest BCUT2D eigenvalue weighted by molar-refractivity contribution is 6.31. The molecule has 1 aromatic heterocycles. The minimum absolute atomic E-state index is 0.191. The zero-order chi connectivity index (χ0) is 24.7. The number of hydrogen-bond acceptors (Lipinski definition) is 5. The van der Waals surface area contributed by atoms with Gasteiger partial charge in [-0.05, 0) is 44.4 Å². The number of aryl methyl sites for hydroxylation is 1. The number of aromatic nitrogens is 3. The summed E-state index contributed by atoms with van der Waals surface area (Å²) in [7, 11) is 0. The maximum Gasteiger partial charge on any atom is 0.315 e. The molecule has 1 aliphatic rings. The normalized spacial score (nSPS) is 15.0. The number of carboxylic acid groups (broad SMARTS) is 1. The molecule has 0 atom stereocenters. The van der Waals surface area contributed by atoms with E-state index in [9.17, 15) is 19.1 Å². The van der Waals surface area contributed by atoms with Crippen molar-refractivity contribution in [1.82, 2.24) is 24.8 Å². The lowest BCUT2D eigenvalue weighted by molar-refractivity contribution is -0.142. The number of aliphatic carboxylic acids is 1. The van der Waals surface area contributed by atoms with Crippen molar-refractivity contribution in [3.05, 3.63) is 46.5 Å². The zero-order valence-electron chi connectivity index (χ0n) is 19.8. The van der Waals surface area contributed by atoms with Gasteiger partial charge in [0.15, 0.2) is 0 Å². The smallest absolute Gasteiger partial charge is 0.315 e. The van der Waals surface area contributed by atoms with Gasteiger partial charge in [-0.25, -0.2) is 4.39 Å². The average molecular weight is 494 g/mol. The van der Waals surface area contributed by atoms with Crippen LogP contribution in [0, 0.1) is 5.82 Å². The van der Waals surface area contributed by atoms with Gasteiger partial charge in [-0.1, -0.05) is 35.7 Å². The number of nitrogens with zero attached hydrogens (tertiary/aromatic N) is 5. The van der Waals surface area contributed by atoms with E-state index in [-0.39, 0.29) is 11.7 Å². The lowest BCUT2D eigenvalue weighted by Crippen LogP contribution is -2.48. The first-order valence-electron chi connectivity index (χ1n) is 11.7. The highest BCUT2D eigenvalue weighted by atomic mass is 35.5. The monoisotopic (exact) mass is 493 g/mol. The van der Waals surface area contributed by atoms with Crippen molar-refractivity contribution >= 4 is 23.5 Å². The van der Waals surface area contributed by atoms with Gasteiger partial charge in [-0.15, -0.1) is 5.10 Å². The Morgan fingerprint density at radius 3 is 2.50 bits per heavy atom. The molecule has 186 valence electrons. The topological polar surface area (TPSA) is 91.6 Å². The van der Waals surface area contributed by atoms with E-state index >= 15 is 0 Å². The number of halogens is 2. The van der Waals surface area contributed by atoms with E-state index in [1.807, 2.05) is 4.90 Å². The molecule has 2 heterocycles. The van der Waals surface area contributed by atoms with E-state index in [4.69, 9.17) is 11.6 Å². The maximum atomic E-state index is 13.2. The molecule has 1 amide bonds. The van der Waals surface area contributed by atoms with Gasteiger partial charge in [0, 0.05) is 56.9 Å². The molecule has 0 aliphatic carbocycles. The molecular weight excluding hydrogens is 461 g/mol. The van der Waals surface area contributed by atoms with Crippen molar-refractivity contribution in [2.45, 2.75) is 64.5 Å². The van der Waals surface area contributed by atoms with E-state index in [1.165, 1.54) is 12.1 Å². The lowest BCUT2D eigenvalue weighted by atomic mass is 9.90. The standard InChI is InChI=1S/C24H33ClFN5O3/c1-24(2,23(33)34)21-17-31(28-27-21)10-6-4-3-5-7-22(32)30-13-11-29(12-14-30)16-18-8-9-19(26)15-20(18)25/h8-9,15,17H,3-7,10-14,16H2,1-2H3,(H,33,34). The minimum Gasteiger partial charge on any atom is -0.481 e. The van der Waals surface area contributed by atoms with Gasteiger partial charge in [-0.3, -0.25) is 19.2 Å². The molecule has 0 saturated carbocycles. The van der Waals surface area contributed by atoms with E-state index < -0.39 is 11.4 Å². The third-order valence-corrected chi connectivity index (χ3v) is 6.73. The molecule has 1 aliphatic heterocycles. The second kappa shape index (κ2) is 11.8. The van der Waals surface area contributed by atoms with Crippen molar-refractivity contribution in [2.75, 3.05) is 26.2 Å². The average Bonchev–Trinajstić information content (AvgIpc) is 3.28. The Morgan fingerprint density at radius 1 is 1.12 bits per heavy atom. The molecule has 3 rings (SSSR count). The highest BCUT2D eigenvalue weighted by Crippen LogP contribution is 2.21. The molecule has 1 aromatic carbocycles. The van der Waals surface area contributed by atoms with Crippen LogP contribution < -0.4 is 0 Å². The van der Waals surface area contributed by atoms with Crippen molar-refractivity contribution in [1.29, 1.82) is 0 Å². The van der Waals surface area contributed by atoms with Crippen LogP contribution in [0.3, 0.4) is 0 Å². The molecule has 0 bridgehead atoms. The van der Waals surface area contributed by atoms with Crippen molar-refractivity contribution in [3.8, 4) is 0 Å². The zero-order valence-corrected chi connectivity index (χ0v) is 20.6. The predicted molar refractivity (Wildman–Crippen MR) is 127 cm³/mol. The fourth-order valence-electron chi connectivity index (χ4n) is 3.91. The first-order chi connectivity index (χ1) is 16.2. The van der Waals surface area contributed by atoms with Crippen LogP contribution in [0.25, 0.3) is 0 Å². The first-order valence-corrected chi connectivity index (χ1v) is 12.1. The van der Waals surface area contributed by atoms with Crippen LogP contribution in [0.1, 0.15) is 57.2 Å². The summed E-state index contributed by atoms with van der Waals surface area (Å²) in [6.45, 7) is 7.50. The summed E-state index contributed by atoms with van der Waals surface area (Å²) in [6, 6.07) is 4.47. The number of unbranched alkanes of at least 4 members (excludes halogenated alkanes) is 3. The van der Waals surface area contributed by atoms with Crippen molar-refractivity contribution < 1.29 is 19.1 Å². The number of benzene rings is 1. The van der Waals surface area contributed by atoms with Gasteiger partial charge in [-0.2, -0.15) is 0 Å². The Morgan fingerprint density at radius 2 is 1.82 bits per heavy atom. The second-order valence-corrected chi connectivity index (χ2v) is 9.76. The molecule has 34 heavy (non-hydrogen) atoms. The summed E-state index contributed by atoms with van der Waals surface area (Å²) in [5, 5.41) is 17.7. The molecule has 8 nitrogen and oxygen atoms in total. The third-order valence-electron chi connectivity index (χ3n) is 6.38. The molecule has 0 spiro atoms. The second-order valence-electron chi connectivity index (χ2n) is 9.35. The number of hydrogen-bond donors (Lipinski definition) is 1. The molecule has 10 heteroatoms. The molecule has 2 aromatic rings. The van der Waals surface area contributed by atoms with Crippen LogP contribution in [0.4, 0.5) is 4.39 Å². The first kappa shape index (κ1) is 26.1. The summed E-state index contributed by atoms with van der Waals surface area (Å²) in [4.78, 5) is 28.0. The number of piperazine rings is 1. The Labute approximate surface area is 204 Å². The number of carbonyl (C=O) groups excluding carboxylic acids is 1. The van der Waals surface area contributed by atoms with Crippen LogP contribution in [-0.2, 0) is 28.1 Å². The maximum absolute atomic E-state index is 13.2. The van der Waals surface area contributed by atoms with Crippen LogP contribution in [0.5, 0.6) is 0 Å². The van der Waals surface area contributed by atoms with Gasteiger partial charge in [0.1, 0.15) is 11.2 Å². The molecule has 1 saturated heterocycles. The lowest BCUT2D eigenvalue weighted by Gasteiger charge is -2.35. The SMILES string of the molecule is CC(C)(C(=O)O)c1cn(CCCCCCC(=O)N2CCN(Cc3ccc(F)cc3Cl)CC2)nn1. The summed E-state index contributed by atoms with van der Waals surface area (Å²) in [6.07, 6.45) is 5.91. The third kappa shape index (κ3) is 6.99. The predicted octanol–water partition coefficient (Wildman–Crippen LogP) is 3.73. The van der Waals surface area contributed by atoms with Crippen LogP contribution >= 0.6 is 11.6 Å². The molecule has 0 radical (unpaired) electrons. The fraction of sp³-hybridized carbons (Fsp3) is 0.583. The Hall–Kier alpha value is -2.52. The van der Waals surface area contributed by atoms with Gasteiger partial charge in [0.2, 0.25) is 5.91 Å². The van der Waals surface area contributed by atoms with E-state index in [0.29, 0.717) is 43.3 Å². The summed E-state index contributed by atoms with van der Waals surface area (Å²) < 4.78 is 14.9. The Bertz CT molecular complexity index is 989. The van der Waals surface area contributed by atoms with E-state index in [0.717, 1.165) is 44.3 Å². The molecular formula is C24H33ClFN5O3. The number of rotatable bonds is 11. The van der Waals surface area contributed by atoms with Gasteiger partial charge >= 0.3 is 5.97 Å². The minimum atomic E-state index is -1.06. The van der Waals surface area contributed by atoms with Gasteiger partial charge in [0.05, 0.1) is 5.69 Å². The fourth-order valence-corrected chi connectivity index (χ4v) is 4.14. The van der Waals surface area contributed by atoms with Gasteiger partial charge in [0.25, 0.3) is 0 Å². The van der Waals surface area contributed by atoms with Crippen molar-refractivity contribution in [2.24, 2.45) is 0 Å². The highest BCUT2D eigenvalue weighted by Gasteiger charge is 2.32. The van der Waals surface area contributed by atoms with Crippen LogP contribution in [-0.4, -0.2) is 68.0 Å². The van der Waals surface area contributed by atoms with Crippen molar-refractivity contribution in [3.63, 3.8) is 0 Å². The number of carbonyl (C=O) groups is 2. The number of carboxylic acids is 1. The summed E-state index contributed by atoms with van der Waals surface area (Å²) in [5.41, 5.74) is 0.292. The van der Waals surface area contributed by atoms with Gasteiger partial charge < -0.3 is 10.0 Å². The van der Waals surface area contributed by atoms with Crippen LogP contribution in [0.2, 0.25) is 5.02 Å². The summed E-state index contributed by atoms with van der Waals surface area (Å²) in [5.74, 6) is -1.07.